The third kappa shape index (κ3) is 3.73. The lowest BCUT2D eigenvalue weighted by Crippen LogP contribution is -2.11. The maximum atomic E-state index is 12.9. The highest BCUT2D eigenvalue weighted by Gasteiger charge is 2.24. The highest BCUT2D eigenvalue weighted by atomic mass is 16.5. The van der Waals surface area contributed by atoms with Crippen molar-refractivity contribution in [3.8, 4) is 11.5 Å². The molecule has 6 nitrogen and oxygen atoms in total. The number of hydrogen-bond acceptors (Lipinski definition) is 6. The highest BCUT2D eigenvalue weighted by Crippen LogP contribution is 2.46. The van der Waals surface area contributed by atoms with Crippen LogP contribution in [0.5, 0.6) is 11.5 Å². The Morgan fingerprint density at radius 2 is 0.917 bits per heavy atom. The van der Waals surface area contributed by atoms with Crippen molar-refractivity contribution in [2.24, 2.45) is 11.8 Å². The van der Waals surface area contributed by atoms with Gasteiger partial charge in [-0.15, -0.1) is 0 Å². The lowest BCUT2D eigenvalue weighted by Gasteiger charge is -2.19. The maximum absolute atomic E-state index is 12.9. The largest absolute Gasteiger partial charge is 0.507 e. The molecule has 0 aromatic heterocycles. The number of carbonyl (C=O) groups is 2. The van der Waals surface area contributed by atoms with Crippen molar-refractivity contribution >= 4 is 55.0 Å². The van der Waals surface area contributed by atoms with Crippen LogP contribution in [0.3, 0.4) is 0 Å². The Kier molecular flexibility index (Phi) is 5.83. The molecule has 0 saturated heterocycles. The number of phenols is 2. The summed E-state index contributed by atoms with van der Waals surface area (Å²) in [6, 6.07) is 13.7. The van der Waals surface area contributed by atoms with Crippen LogP contribution in [0.4, 0.5) is 0 Å². The van der Waals surface area contributed by atoms with E-state index in [1.165, 1.54) is 0 Å². The summed E-state index contributed by atoms with van der Waals surface area (Å²) >= 11 is 0. The maximum Gasteiger partial charge on any atom is 0.338 e. The Morgan fingerprint density at radius 1 is 0.583 bits per heavy atom. The first kappa shape index (κ1) is 23.7. The van der Waals surface area contributed by atoms with Gasteiger partial charge in [-0.2, -0.15) is 0 Å². The van der Waals surface area contributed by atoms with E-state index in [1.54, 1.807) is 36.4 Å². The molecule has 5 aromatic rings. The van der Waals surface area contributed by atoms with Gasteiger partial charge in [-0.25, -0.2) is 9.59 Å². The minimum atomic E-state index is -0.493. The second-order valence-corrected chi connectivity index (χ2v) is 10.1. The summed E-state index contributed by atoms with van der Waals surface area (Å²) in [6.45, 7) is 8.40. The summed E-state index contributed by atoms with van der Waals surface area (Å²) < 4.78 is 10.9. The smallest absolute Gasteiger partial charge is 0.338 e. The van der Waals surface area contributed by atoms with Crippen LogP contribution in [-0.4, -0.2) is 35.4 Å². The van der Waals surface area contributed by atoms with E-state index in [2.05, 4.69) is 0 Å². The fourth-order valence-electron chi connectivity index (χ4n) is 4.83. The molecule has 5 rings (SSSR count). The van der Waals surface area contributed by atoms with E-state index in [1.807, 2.05) is 39.8 Å². The molecule has 6 heteroatoms. The van der Waals surface area contributed by atoms with Crippen molar-refractivity contribution in [2.45, 2.75) is 27.7 Å². The van der Waals surface area contributed by atoms with Crippen LogP contribution < -0.4 is 0 Å². The van der Waals surface area contributed by atoms with Crippen molar-refractivity contribution < 1.29 is 29.3 Å². The molecule has 0 amide bonds. The van der Waals surface area contributed by atoms with E-state index in [0.717, 1.165) is 32.3 Å². The standard InChI is InChI=1S/C30H28O6/c1-15(2)13-35-29(33)21-7-5-17-18-6-8-22(30(34)36-14-16(3)4)28-24(32)12-10-20(26(18)28)19-9-11-23(31)27(21)25(17)19/h5-12,15-16,31-32H,13-14H2,1-4H3. The van der Waals surface area contributed by atoms with Gasteiger partial charge in [0.05, 0.1) is 24.3 Å². The van der Waals surface area contributed by atoms with Crippen LogP contribution in [0.2, 0.25) is 0 Å². The number of aromatic hydroxyl groups is 2. The zero-order chi connectivity index (χ0) is 25.7. The second-order valence-electron chi connectivity index (χ2n) is 10.1. The zero-order valence-electron chi connectivity index (χ0n) is 20.7. The predicted octanol–water partition coefficient (Wildman–Crippen LogP) is 6.77. The van der Waals surface area contributed by atoms with Crippen LogP contribution in [0.25, 0.3) is 43.1 Å². The molecule has 0 aliphatic rings. The summed E-state index contributed by atoms with van der Waals surface area (Å²) in [6.07, 6.45) is 0. The molecule has 0 atom stereocenters. The Bertz CT molecular complexity index is 1500. The van der Waals surface area contributed by atoms with Crippen molar-refractivity contribution in [3.63, 3.8) is 0 Å². The summed E-state index contributed by atoms with van der Waals surface area (Å²) in [5.41, 5.74) is 0.585. The highest BCUT2D eigenvalue weighted by molar-refractivity contribution is 6.36. The minimum Gasteiger partial charge on any atom is -0.507 e. The summed E-state index contributed by atoms with van der Waals surface area (Å²) in [5.74, 6) is -0.652. The molecule has 0 aliphatic heterocycles. The van der Waals surface area contributed by atoms with Gasteiger partial charge < -0.3 is 19.7 Å². The molecule has 0 radical (unpaired) electrons. The lowest BCUT2D eigenvalue weighted by atomic mass is 9.86. The number of esters is 2. The van der Waals surface area contributed by atoms with Crippen LogP contribution >= 0.6 is 0 Å². The number of phenolic OH excluding ortho intramolecular Hbond substituents is 2. The second kappa shape index (κ2) is 8.86. The summed E-state index contributed by atoms with van der Waals surface area (Å²) in [4.78, 5) is 25.9. The van der Waals surface area contributed by atoms with E-state index in [4.69, 9.17) is 9.47 Å². The molecule has 0 fully saturated rings. The fraction of sp³-hybridized carbons (Fsp3) is 0.267. The molecule has 0 heterocycles. The molecule has 0 aliphatic carbocycles. The molecule has 5 aromatic carbocycles. The van der Waals surface area contributed by atoms with Crippen molar-refractivity contribution in [1.82, 2.24) is 0 Å². The van der Waals surface area contributed by atoms with Gasteiger partial charge in [0.15, 0.2) is 0 Å². The normalized spacial score (nSPS) is 11.9. The van der Waals surface area contributed by atoms with Crippen molar-refractivity contribution in [3.05, 3.63) is 59.7 Å². The first-order chi connectivity index (χ1) is 17.2. The SMILES string of the molecule is CC(C)COC(=O)c1ccc2c3ccc(C(=O)OCC(C)C)c4c(O)ccc(c5ccc(O)c1c52)c43. The Hall–Kier alpha value is -4.06. The molecule has 0 saturated carbocycles. The number of rotatable bonds is 6. The van der Waals surface area contributed by atoms with Gasteiger partial charge in [0.2, 0.25) is 0 Å². The van der Waals surface area contributed by atoms with E-state index < -0.39 is 11.9 Å². The molecular formula is C30H28O6. The number of benzene rings is 5. The first-order valence-corrected chi connectivity index (χ1v) is 12.1. The van der Waals surface area contributed by atoms with Crippen LogP contribution in [0, 0.1) is 11.8 Å². The van der Waals surface area contributed by atoms with Crippen LogP contribution in [-0.2, 0) is 9.47 Å². The predicted molar refractivity (Wildman–Crippen MR) is 141 cm³/mol. The van der Waals surface area contributed by atoms with Gasteiger partial charge in [0.25, 0.3) is 0 Å². The van der Waals surface area contributed by atoms with Crippen LogP contribution in [0.15, 0.2) is 48.5 Å². The molecule has 0 unspecified atom stereocenters. The minimum absolute atomic E-state index is 0.0144. The van der Waals surface area contributed by atoms with Crippen molar-refractivity contribution in [1.29, 1.82) is 0 Å². The van der Waals surface area contributed by atoms with Gasteiger partial charge in [-0.3, -0.25) is 0 Å². The number of carbonyl (C=O) groups excluding carboxylic acids is 2. The Morgan fingerprint density at radius 3 is 1.25 bits per heavy atom. The number of fused-ring (bicyclic) bond motifs is 2. The van der Waals surface area contributed by atoms with E-state index in [9.17, 15) is 19.8 Å². The molecular weight excluding hydrogens is 456 g/mol. The molecule has 0 spiro atoms. The fourth-order valence-corrected chi connectivity index (χ4v) is 4.83. The summed E-state index contributed by atoms with van der Waals surface area (Å²) in [5, 5.41) is 27.2. The van der Waals surface area contributed by atoms with Gasteiger partial charge in [0.1, 0.15) is 11.5 Å². The number of ether oxygens (including phenoxy) is 2. The topological polar surface area (TPSA) is 93.1 Å². The molecule has 2 N–H and O–H groups in total. The average Bonchev–Trinajstić information content (AvgIpc) is 2.85. The molecule has 184 valence electrons. The number of hydrogen-bond donors (Lipinski definition) is 2. The van der Waals surface area contributed by atoms with E-state index >= 15 is 0 Å². The van der Waals surface area contributed by atoms with Crippen LogP contribution in [0.1, 0.15) is 48.4 Å². The Labute approximate surface area is 208 Å². The van der Waals surface area contributed by atoms with E-state index in [-0.39, 0.29) is 36.5 Å². The van der Waals surface area contributed by atoms with Gasteiger partial charge in [0, 0.05) is 21.5 Å². The van der Waals surface area contributed by atoms with E-state index in [0.29, 0.717) is 21.9 Å². The third-order valence-electron chi connectivity index (χ3n) is 6.39. The van der Waals surface area contributed by atoms with Gasteiger partial charge in [-0.1, -0.05) is 52.0 Å². The summed E-state index contributed by atoms with van der Waals surface area (Å²) in [7, 11) is 0. The molecule has 0 bridgehead atoms. The molecule has 36 heavy (non-hydrogen) atoms. The first-order valence-electron chi connectivity index (χ1n) is 12.1. The van der Waals surface area contributed by atoms with Crippen molar-refractivity contribution in [2.75, 3.05) is 13.2 Å². The quantitative estimate of drug-likeness (QED) is 0.157. The lowest BCUT2D eigenvalue weighted by molar-refractivity contribution is 0.0453. The average molecular weight is 485 g/mol. The monoisotopic (exact) mass is 484 g/mol. The zero-order valence-corrected chi connectivity index (χ0v) is 20.7. The van der Waals surface area contributed by atoms with Gasteiger partial charge in [-0.05, 0) is 57.6 Å². The third-order valence-corrected chi connectivity index (χ3v) is 6.39. The van der Waals surface area contributed by atoms with Gasteiger partial charge >= 0.3 is 11.9 Å². The Balaban J connectivity index is 1.83.